The predicted molar refractivity (Wildman–Crippen MR) is 33.7 cm³/mol. The van der Waals surface area contributed by atoms with Crippen LogP contribution >= 0.6 is 11.3 Å². The molecule has 1 aromatic rings. The minimum Gasteiger partial charge on any atom is -0.768 e. The first-order chi connectivity index (χ1) is 4.20. The number of hydrogen-bond donors (Lipinski definition) is 1. The zero-order chi connectivity index (χ0) is 6.85. The van der Waals surface area contributed by atoms with Crippen molar-refractivity contribution in [1.82, 2.24) is 4.98 Å². The molecule has 0 fully saturated rings. The monoisotopic (exact) mass is 186 g/mol. The second kappa shape index (κ2) is 4.42. The molecule has 0 aliphatic rings. The van der Waals surface area contributed by atoms with E-state index >= 15 is 0 Å². The summed E-state index contributed by atoms with van der Waals surface area (Å²) in [4.78, 5) is 3.54. The Morgan fingerprint density at radius 1 is 1.80 bits per heavy atom. The Balaban J connectivity index is 0.000000810. The zero-order valence-corrected chi connectivity index (χ0v) is 8.87. The summed E-state index contributed by atoms with van der Waals surface area (Å²) < 4.78 is 20.4. The molecule has 1 heterocycles. The van der Waals surface area contributed by atoms with Crippen LogP contribution in [0, 0.1) is 0 Å². The molecular weight excluding hydrogens is 183 g/mol. The van der Waals surface area contributed by atoms with E-state index in [2.05, 4.69) is 4.98 Å². The van der Waals surface area contributed by atoms with Crippen LogP contribution in [-0.4, -0.2) is 13.7 Å². The maximum atomic E-state index is 10.1. The molecule has 1 unspecified atom stereocenters. The quantitative estimate of drug-likeness (QED) is 0.374. The van der Waals surface area contributed by atoms with Gasteiger partial charge in [-0.15, -0.1) is 0 Å². The van der Waals surface area contributed by atoms with E-state index < -0.39 is 11.1 Å². The van der Waals surface area contributed by atoms with Crippen LogP contribution in [-0.2, 0) is 11.1 Å². The minimum absolute atomic E-state index is 0. The second-order valence-corrected chi connectivity index (χ2v) is 3.48. The Kier molecular flexibility index (Phi) is 4.66. The average Bonchev–Trinajstić information content (AvgIpc) is 2.14. The van der Waals surface area contributed by atoms with Crippen molar-refractivity contribution in [3.63, 3.8) is 0 Å². The van der Waals surface area contributed by atoms with E-state index in [1.54, 1.807) is 0 Å². The Bertz CT molecular complexity index is 238. The second-order valence-electron chi connectivity index (χ2n) is 1.25. The molecule has 2 N–H and O–H groups in total. The van der Waals surface area contributed by atoms with Crippen molar-refractivity contribution < 1.29 is 38.3 Å². The van der Waals surface area contributed by atoms with Gasteiger partial charge in [0.2, 0.25) is 0 Å². The fraction of sp³-hybridized carbons (Fsp3) is 0. The molecule has 0 radical (unpaired) electrons. The molecule has 7 heteroatoms. The Morgan fingerprint density at radius 3 is 2.60 bits per heavy atom. The van der Waals surface area contributed by atoms with Crippen LogP contribution in [0.1, 0.15) is 0 Å². The number of anilines is 1. The van der Waals surface area contributed by atoms with Crippen molar-refractivity contribution in [1.29, 1.82) is 0 Å². The topological polar surface area (TPSA) is 79.0 Å². The number of aromatic nitrogens is 1. The fourth-order valence-corrected chi connectivity index (χ4v) is 1.43. The van der Waals surface area contributed by atoms with Gasteiger partial charge in [0.05, 0.1) is 10.4 Å². The van der Waals surface area contributed by atoms with Crippen LogP contribution in [0.5, 0.6) is 0 Å². The standard InChI is InChI=1S/C3H4N2O2S2.Na/c4-3-5-1-2(8-3)9(6)7;/h1H,(H2,4,5)(H,6,7);/q;+1/p-1. The van der Waals surface area contributed by atoms with Crippen molar-refractivity contribution >= 4 is 27.5 Å². The van der Waals surface area contributed by atoms with E-state index in [0.717, 1.165) is 11.3 Å². The zero-order valence-electron chi connectivity index (χ0n) is 5.23. The Labute approximate surface area is 86.4 Å². The van der Waals surface area contributed by atoms with Crippen LogP contribution in [0.2, 0.25) is 0 Å². The van der Waals surface area contributed by atoms with Crippen molar-refractivity contribution in [2.75, 3.05) is 5.73 Å². The molecule has 1 atom stereocenters. The molecule has 4 nitrogen and oxygen atoms in total. The van der Waals surface area contributed by atoms with Gasteiger partial charge in [-0.05, 0) is 11.1 Å². The molecule has 0 aliphatic heterocycles. The summed E-state index contributed by atoms with van der Waals surface area (Å²) >= 11 is -1.23. The normalized spacial score (nSPS) is 12.1. The minimum atomic E-state index is -2.18. The van der Waals surface area contributed by atoms with Gasteiger partial charge < -0.3 is 10.3 Å². The van der Waals surface area contributed by atoms with Gasteiger partial charge in [-0.1, -0.05) is 11.3 Å². The molecule has 0 saturated heterocycles. The van der Waals surface area contributed by atoms with Crippen LogP contribution in [0.4, 0.5) is 5.13 Å². The van der Waals surface area contributed by atoms with Crippen LogP contribution in [0.15, 0.2) is 10.4 Å². The molecule has 10 heavy (non-hydrogen) atoms. The van der Waals surface area contributed by atoms with E-state index in [9.17, 15) is 8.76 Å². The third-order valence-electron chi connectivity index (χ3n) is 0.667. The van der Waals surface area contributed by atoms with Gasteiger partial charge in [-0.2, -0.15) is 0 Å². The third kappa shape index (κ3) is 2.65. The van der Waals surface area contributed by atoms with Crippen LogP contribution in [0.25, 0.3) is 0 Å². The summed E-state index contributed by atoms with van der Waals surface area (Å²) in [5.74, 6) is 0. The van der Waals surface area contributed by atoms with Crippen LogP contribution < -0.4 is 35.3 Å². The van der Waals surface area contributed by atoms with Gasteiger partial charge in [0, 0.05) is 0 Å². The molecular formula is C3H3N2NaO2S2. The van der Waals surface area contributed by atoms with Gasteiger partial charge >= 0.3 is 29.6 Å². The first-order valence-corrected chi connectivity index (χ1v) is 3.90. The summed E-state index contributed by atoms with van der Waals surface area (Å²) in [6.45, 7) is 0. The third-order valence-corrected chi connectivity index (χ3v) is 2.38. The largest absolute Gasteiger partial charge is 1.00 e. The molecule has 1 aromatic heterocycles. The Morgan fingerprint density at radius 2 is 2.40 bits per heavy atom. The molecule has 0 spiro atoms. The molecule has 0 bridgehead atoms. The molecule has 0 amide bonds. The maximum absolute atomic E-state index is 10.1. The summed E-state index contributed by atoms with van der Waals surface area (Å²) in [6, 6.07) is 0. The molecule has 0 saturated carbocycles. The van der Waals surface area contributed by atoms with Crippen molar-refractivity contribution in [3.8, 4) is 0 Å². The smallest absolute Gasteiger partial charge is 0.768 e. The van der Waals surface area contributed by atoms with Crippen molar-refractivity contribution in [2.24, 2.45) is 0 Å². The predicted octanol–water partition coefficient (Wildman–Crippen LogP) is -3.03. The van der Waals surface area contributed by atoms with Gasteiger partial charge in [-0.3, -0.25) is 4.21 Å². The number of rotatable bonds is 1. The number of nitrogen functional groups attached to an aromatic ring is 1. The summed E-state index contributed by atoms with van der Waals surface area (Å²) in [6.07, 6.45) is 1.23. The van der Waals surface area contributed by atoms with Gasteiger partial charge in [-0.25, -0.2) is 4.98 Å². The first kappa shape index (κ1) is 10.5. The number of thiazole rings is 1. The van der Waals surface area contributed by atoms with Crippen molar-refractivity contribution in [3.05, 3.63) is 6.20 Å². The number of nitrogens with two attached hydrogens (primary N) is 1. The average molecular weight is 186 g/mol. The van der Waals surface area contributed by atoms with Crippen LogP contribution in [0.3, 0.4) is 0 Å². The van der Waals surface area contributed by atoms with Gasteiger partial charge in [0.1, 0.15) is 0 Å². The van der Waals surface area contributed by atoms with E-state index in [-0.39, 0.29) is 38.9 Å². The summed E-state index contributed by atoms with van der Waals surface area (Å²) in [5, 5.41) is 0.272. The molecule has 1 rings (SSSR count). The van der Waals surface area contributed by atoms with E-state index in [1.807, 2.05) is 0 Å². The molecule has 50 valence electrons. The number of nitrogens with zero attached hydrogens (tertiary/aromatic N) is 1. The molecule has 0 aromatic carbocycles. The SMILES string of the molecule is Nc1ncc(S(=O)[O-])s1.[Na+]. The van der Waals surface area contributed by atoms with Crippen molar-refractivity contribution in [2.45, 2.75) is 4.21 Å². The fourth-order valence-electron chi connectivity index (χ4n) is 0.349. The summed E-state index contributed by atoms with van der Waals surface area (Å²) in [5.41, 5.74) is 5.15. The van der Waals surface area contributed by atoms with Gasteiger partial charge in [0.25, 0.3) is 0 Å². The maximum Gasteiger partial charge on any atom is 1.00 e. The number of hydrogen-bond acceptors (Lipinski definition) is 5. The summed E-state index contributed by atoms with van der Waals surface area (Å²) in [7, 11) is 0. The molecule has 0 aliphatic carbocycles. The van der Waals surface area contributed by atoms with Gasteiger partial charge in [0.15, 0.2) is 5.13 Å². The van der Waals surface area contributed by atoms with E-state index in [0.29, 0.717) is 0 Å². The van der Waals surface area contributed by atoms with E-state index in [1.165, 1.54) is 6.20 Å². The van der Waals surface area contributed by atoms with E-state index in [4.69, 9.17) is 5.73 Å². The Hall–Kier alpha value is 0.540. The first-order valence-electron chi connectivity index (χ1n) is 2.00.